The molecule has 2 aromatic rings. The van der Waals surface area contributed by atoms with Gasteiger partial charge in [0.1, 0.15) is 11.4 Å². The summed E-state index contributed by atoms with van der Waals surface area (Å²) < 4.78 is 5.16. The molecule has 26 heavy (non-hydrogen) atoms. The third-order valence-corrected chi connectivity index (χ3v) is 4.64. The summed E-state index contributed by atoms with van der Waals surface area (Å²) in [5.74, 6) is 0.154. The van der Waals surface area contributed by atoms with Gasteiger partial charge in [0.25, 0.3) is 11.8 Å². The summed E-state index contributed by atoms with van der Waals surface area (Å²) >= 11 is 0. The number of methoxy groups -OCH3 is 1. The van der Waals surface area contributed by atoms with Crippen LogP contribution >= 0.6 is 0 Å². The SMILES string of the molecule is CCN1C(=O)C(Nc2ccc(OC)cc2)=C(c2ccc(C)c(C)c2)C1=O. The number of carbonyl (C=O) groups excluding carboxylic acids is 2. The zero-order valence-corrected chi connectivity index (χ0v) is 15.4. The number of amides is 2. The van der Waals surface area contributed by atoms with E-state index in [-0.39, 0.29) is 11.8 Å². The summed E-state index contributed by atoms with van der Waals surface area (Å²) in [6.07, 6.45) is 0. The van der Waals surface area contributed by atoms with E-state index in [1.54, 1.807) is 26.2 Å². The van der Waals surface area contributed by atoms with Crippen LogP contribution < -0.4 is 10.1 Å². The van der Waals surface area contributed by atoms with Gasteiger partial charge < -0.3 is 10.1 Å². The van der Waals surface area contributed by atoms with Gasteiger partial charge in [0.15, 0.2) is 0 Å². The first-order valence-corrected chi connectivity index (χ1v) is 8.55. The quantitative estimate of drug-likeness (QED) is 0.838. The minimum Gasteiger partial charge on any atom is -0.497 e. The normalized spacial score (nSPS) is 14.2. The minimum absolute atomic E-state index is 0.267. The highest BCUT2D eigenvalue weighted by Gasteiger charge is 2.38. The maximum absolute atomic E-state index is 12.8. The van der Waals surface area contributed by atoms with Crippen molar-refractivity contribution in [3.05, 3.63) is 64.9 Å². The number of hydrogen-bond acceptors (Lipinski definition) is 4. The molecule has 3 rings (SSSR count). The molecule has 1 aliphatic rings. The van der Waals surface area contributed by atoms with Crippen LogP contribution in [0.5, 0.6) is 5.75 Å². The van der Waals surface area contributed by atoms with Crippen LogP contribution in [0.2, 0.25) is 0 Å². The molecule has 0 aromatic heterocycles. The first kappa shape index (κ1) is 17.7. The van der Waals surface area contributed by atoms with Crippen molar-refractivity contribution in [3.8, 4) is 5.75 Å². The third kappa shape index (κ3) is 3.08. The highest BCUT2D eigenvalue weighted by atomic mass is 16.5. The van der Waals surface area contributed by atoms with Gasteiger partial charge in [0, 0.05) is 12.2 Å². The molecule has 0 saturated carbocycles. The summed E-state index contributed by atoms with van der Waals surface area (Å²) in [6.45, 7) is 6.14. The number of likely N-dealkylation sites (N-methyl/N-ethyl adjacent to an activating group) is 1. The first-order valence-electron chi connectivity index (χ1n) is 8.55. The molecule has 2 aromatic carbocycles. The van der Waals surface area contributed by atoms with Crippen molar-refractivity contribution in [2.45, 2.75) is 20.8 Å². The molecule has 0 spiro atoms. The Bertz CT molecular complexity index is 898. The van der Waals surface area contributed by atoms with Crippen LogP contribution in [0, 0.1) is 13.8 Å². The van der Waals surface area contributed by atoms with E-state index in [1.165, 1.54) is 4.90 Å². The van der Waals surface area contributed by atoms with E-state index in [0.717, 1.165) is 28.1 Å². The molecule has 0 aliphatic carbocycles. The number of anilines is 1. The summed E-state index contributed by atoms with van der Waals surface area (Å²) in [5, 5.41) is 3.13. The summed E-state index contributed by atoms with van der Waals surface area (Å²) in [7, 11) is 1.60. The molecular formula is C21H22N2O3. The summed E-state index contributed by atoms with van der Waals surface area (Å²) in [5.41, 5.74) is 4.41. The van der Waals surface area contributed by atoms with Gasteiger partial charge in [-0.25, -0.2) is 0 Å². The smallest absolute Gasteiger partial charge is 0.278 e. The van der Waals surface area contributed by atoms with Crippen LogP contribution in [-0.2, 0) is 9.59 Å². The average molecular weight is 350 g/mol. The third-order valence-electron chi connectivity index (χ3n) is 4.64. The van der Waals surface area contributed by atoms with Crippen molar-refractivity contribution in [1.29, 1.82) is 0 Å². The molecule has 1 heterocycles. The first-order chi connectivity index (χ1) is 12.5. The van der Waals surface area contributed by atoms with Crippen molar-refractivity contribution in [2.24, 2.45) is 0 Å². The lowest BCUT2D eigenvalue weighted by molar-refractivity contribution is -0.136. The molecule has 134 valence electrons. The average Bonchev–Trinajstić information content (AvgIpc) is 2.88. The van der Waals surface area contributed by atoms with E-state index in [0.29, 0.717) is 17.8 Å². The molecule has 0 fully saturated rings. The summed E-state index contributed by atoms with van der Waals surface area (Å²) in [4.78, 5) is 26.9. The molecule has 1 N–H and O–H groups in total. The van der Waals surface area contributed by atoms with E-state index in [2.05, 4.69) is 5.32 Å². The Morgan fingerprint density at radius 1 is 0.962 bits per heavy atom. The Kier molecular flexibility index (Phi) is 4.80. The number of hydrogen-bond donors (Lipinski definition) is 1. The van der Waals surface area contributed by atoms with Gasteiger partial charge in [-0.1, -0.05) is 18.2 Å². The van der Waals surface area contributed by atoms with Crippen molar-refractivity contribution in [2.75, 3.05) is 19.0 Å². The van der Waals surface area contributed by atoms with Crippen molar-refractivity contribution in [1.82, 2.24) is 4.90 Å². The number of imide groups is 1. The number of aryl methyl sites for hydroxylation is 2. The largest absolute Gasteiger partial charge is 0.497 e. The number of nitrogens with zero attached hydrogens (tertiary/aromatic N) is 1. The molecule has 0 radical (unpaired) electrons. The van der Waals surface area contributed by atoms with E-state index >= 15 is 0 Å². The van der Waals surface area contributed by atoms with Gasteiger partial charge in [-0.3, -0.25) is 14.5 Å². The fourth-order valence-electron chi connectivity index (χ4n) is 2.96. The van der Waals surface area contributed by atoms with Gasteiger partial charge in [-0.2, -0.15) is 0 Å². The van der Waals surface area contributed by atoms with Crippen LogP contribution in [-0.4, -0.2) is 30.4 Å². The molecule has 1 aliphatic heterocycles. The second-order valence-corrected chi connectivity index (χ2v) is 6.26. The molecule has 0 saturated heterocycles. The fourth-order valence-corrected chi connectivity index (χ4v) is 2.96. The fraction of sp³-hybridized carbons (Fsp3) is 0.238. The molecule has 0 atom stereocenters. The van der Waals surface area contributed by atoms with E-state index in [4.69, 9.17) is 4.74 Å². The Balaban J connectivity index is 2.07. The second-order valence-electron chi connectivity index (χ2n) is 6.26. The highest BCUT2D eigenvalue weighted by Crippen LogP contribution is 2.31. The maximum atomic E-state index is 12.8. The Morgan fingerprint density at radius 2 is 1.65 bits per heavy atom. The highest BCUT2D eigenvalue weighted by molar-refractivity contribution is 6.36. The maximum Gasteiger partial charge on any atom is 0.278 e. The molecule has 5 nitrogen and oxygen atoms in total. The van der Waals surface area contributed by atoms with Crippen LogP contribution in [0.3, 0.4) is 0 Å². The standard InChI is InChI=1S/C21H22N2O3/c1-5-23-20(24)18(15-7-6-13(2)14(3)12-15)19(21(23)25)22-16-8-10-17(26-4)11-9-16/h6-12,22H,5H2,1-4H3. The van der Waals surface area contributed by atoms with Crippen LogP contribution in [0.1, 0.15) is 23.6 Å². The van der Waals surface area contributed by atoms with Crippen LogP contribution in [0.25, 0.3) is 5.57 Å². The Hall–Kier alpha value is -3.08. The minimum atomic E-state index is -0.304. The molecule has 5 heteroatoms. The lowest BCUT2D eigenvalue weighted by atomic mass is 9.99. The zero-order valence-electron chi connectivity index (χ0n) is 15.4. The van der Waals surface area contributed by atoms with Gasteiger partial charge in [-0.05, 0) is 61.7 Å². The Labute approximate surface area is 153 Å². The van der Waals surface area contributed by atoms with Gasteiger partial charge >= 0.3 is 0 Å². The van der Waals surface area contributed by atoms with Crippen LogP contribution in [0.4, 0.5) is 5.69 Å². The number of nitrogens with one attached hydrogen (secondary N) is 1. The summed E-state index contributed by atoms with van der Waals surface area (Å²) in [6, 6.07) is 13.0. The van der Waals surface area contributed by atoms with Gasteiger partial charge in [0.2, 0.25) is 0 Å². The van der Waals surface area contributed by atoms with Crippen molar-refractivity contribution >= 4 is 23.1 Å². The van der Waals surface area contributed by atoms with Gasteiger partial charge in [0.05, 0.1) is 12.7 Å². The van der Waals surface area contributed by atoms with Crippen molar-refractivity contribution in [3.63, 3.8) is 0 Å². The molecule has 0 bridgehead atoms. The monoisotopic (exact) mass is 350 g/mol. The second kappa shape index (κ2) is 7.04. The van der Waals surface area contributed by atoms with Gasteiger partial charge in [-0.15, -0.1) is 0 Å². The predicted molar refractivity (Wildman–Crippen MR) is 102 cm³/mol. The molecular weight excluding hydrogens is 328 g/mol. The molecule has 2 amide bonds. The Morgan fingerprint density at radius 3 is 2.23 bits per heavy atom. The van der Waals surface area contributed by atoms with E-state index in [9.17, 15) is 9.59 Å². The van der Waals surface area contributed by atoms with Crippen molar-refractivity contribution < 1.29 is 14.3 Å². The number of carbonyl (C=O) groups is 2. The van der Waals surface area contributed by atoms with E-state index in [1.807, 2.05) is 44.2 Å². The van der Waals surface area contributed by atoms with E-state index < -0.39 is 0 Å². The topological polar surface area (TPSA) is 58.6 Å². The lowest BCUT2D eigenvalue weighted by Gasteiger charge is -2.12. The number of benzene rings is 2. The lowest BCUT2D eigenvalue weighted by Crippen LogP contribution is -2.32. The predicted octanol–water partition coefficient (Wildman–Crippen LogP) is 3.52. The number of rotatable bonds is 5. The van der Waals surface area contributed by atoms with Crippen LogP contribution in [0.15, 0.2) is 48.2 Å². The molecule has 0 unspecified atom stereocenters. The number of ether oxygens (including phenoxy) is 1. The zero-order chi connectivity index (χ0) is 18.8.